The molecule has 12 fully saturated rings. The molecule has 12 saturated carbocycles. The van der Waals surface area contributed by atoms with Crippen LogP contribution >= 0.6 is 35.3 Å². The fourth-order valence-corrected chi connectivity index (χ4v) is 25.5. The highest BCUT2D eigenvalue weighted by Crippen LogP contribution is 2.63. The highest BCUT2D eigenvalue weighted by molar-refractivity contribution is 8.14. The minimum Gasteiger partial charge on any atom is -0.388 e. The highest BCUT2D eigenvalue weighted by Gasteiger charge is 2.59. The molecule has 0 radical (unpaired) electrons. The van der Waals surface area contributed by atoms with Gasteiger partial charge in [0.25, 0.3) is 0 Å². The number of aliphatic hydroxyl groups excluding tert-OH is 7. The number of hydrogen-bond acceptors (Lipinski definition) is 15. The van der Waals surface area contributed by atoms with E-state index < -0.39 is 59.0 Å². The molecular weight excluding hydrogens is 1440 g/mol. The van der Waals surface area contributed by atoms with Gasteiger partial charge >= 0.3 is 0 Å². The Labute approximate surface area is 680 Å². The summed E-state index contributed by atoms with van der Waals surface area (Å²) < 4.78 is 0. The second-order valence-electron chi connectivity index (χ2n) is 37.2. The fraction of sp³-hybridized carbons (Fsp3) is 0.698. The molecule has 0 heterocycles. The minimum atomic E-state index is -0.738. The molecule has 0 amide bonds. The Bertz CT molecular complexity index is 3450. The number of ketones is 2. The molecule has 15 heteroatoms. The summed E-state index contributed by atoms with van der Waals surface area (Å²) in [6.07, 6.45) is 52.1. The van der Waals surface area contributed by atoms with Gasteiger partial charge in [-0.3, -0.25) is 24.0 Å². The lowest BCUT2D eigenvalue weighted by Crippen LogP contribution is -2.35. The fourth-order valence-electron chi connectivity index (χ4n) is 21.8. The van der Waals surface area contributed by atoms with Gasteiger partial charge in [-0.2, -0.15) is 0 Å². The Kier molecular flexibility index (Phi) is 31.4. The number of allylic oxidation sites excluding steroid dienone is 14. The van der Waals surface area contributed by atoms with E-state index in [0.717, 1.165) is 117 Å². The van der Waals surface area contributed by atoms with Gasteiger partial charge in [-0.15, -0.1) is 0 Å². The number of fused-ring (bicyclic) bond motifs is 3. The Balaban J connectivity index is 0.000000177. The molecule has 7 N–H and O–H groups in total. The molecule has 0 bridgehead atoms. The number of aliphatic hydroxyl groups is 7. The summed E-state index contributed by atoms with van der Waals surface area (Å²) in [7, 11) is 0. The van der Waals surface area contributed by atoms with Crippen LogP contribution in [0.2, 0.25) is 0 Å². The number of carbonyl (C=O) groups is 5. The van der Waals surface area contributed by atoms with Gasteiger partial charge < -0.3 is 35.7 Å². The maximum absolute atomic E-state index is 13.1. The van der Waals surface area contributed by atoms with Crippen molar-refractivity contribution in [3.05, 3.63) is 143 Å². The van der Waals surface area contributed by atoms with Crippen LogP contribution in [0.4, 0.5) is 0 Å². The van der Waals surface area contributed by atoms with Crippen LogP contribution in [-0.2, 0) is 24.0 Å². The predicted octanol–water partition coefficient (Wildman–Crippen LogP) is 20.0. The van der Waals surface area contributed by atoms with Crippen LogP contribution in [0.25, 0.3) is 0 Å². The summed E-state index contributed by atoms with van der Waals surface area (Å²) in [6, 6.07) is 0. The molecule has 0 spiro atoms. The Morgan fingerprint density at radius 1 is 0.405 bits per heavy atom. The van der Waals surface area contributed by atoms with E-state index in [0.29, 0.717) is 134 Å². The van der Waals surface area contributed by atoms with Gasteiger partial charge in [-0.05, 0) is 291 Å². The zero-order valence-electron chi connectivity index (χ0n) is 69.1. The normalized spacial score (nSPS) is 35.3. The molecule has 12 rings (SSSR count). The lowest BCUT2D eigenvalue weighted by atomic mass is 9.61. The minimum absolute atomic E-state index is 0.0171. The van der Waals surface area contributed by atoms with Gasteiger partial charge in [0, 0.05) is 17.3 Å². The average Bonchev–Trinajstić information content (AvgIpc) is 1.63. The van der Waals surface area contributed by atoms with E-state index in [-0.39, 0.29) is 43.2 Å². The standard InChI is InChI=1S/C32H48O4S.2C32H46O4S/c3*1-5-6-18-37-30(36)32(16-17-32)29(35)14-9-21(2)25-12-13-26-24(8-7-15-31(25,26)4)11-10-23-19-27(33)22(3)28(34)20-23/h9-11,14,21,25-29,33-35H,3,5-8,12-13,15-20H2,1-2,4H3;2*9-11,14,21,25-28,33-34H,3,5-8,12-13,15-20H2,1-2,4H3/b3*14-9+,24-11+/t21-,25-,26+,27-,28-,29-,31-;21-,25+,26-,27+,28+,31+;21-,25-,26+,27-,28-,31-/m101/s1. The maximum atomic E-state index is 13.1. The summed E-state index contributed by atoms with van der Waals surface area (Å²) in [4.78, 5) is 64.3. The second-order valence-corrected chi connectivity index (χ2v) is 40.4. The van der Waals surface area contributed by atoms with Gasteiger partial charge in [0.05, 0.1) is 48.1 Å². The smallest absolute Gasteiger partial charge is 0.202 e. The van der Waals surface area contributed by atoms with E-state index in [2.05, 4.69) is 137 Å². The topological polar surface area (TPSA) is 227 Å². The molecule has 0 unspecified atom stereocenters. The van der Waals surface area contributed by atoms with Crippen LogP contribution in [-0.4, -0.2) is 123 Å². The molecular formula is C96H140O12S3. The van der Waals surface area contributed by atoms with Gasteiger partial charge in [0.15, 0.2) is 16.7 Å². The van der Waals surface area contributed by atoms with Crippen LogP contribution in [0, 0.1) is 85.8 Å². The lowest BCUT2D eigenvalue weighted by molar-refractivity contribution is -0.128. The Morgan fingerprint density at radius 2 is 0.694 bits per heavy atom. The molecule has 0 aromatic rings. The van der Waals surface area contributed by atoms with Crippen molar-refractivity contribution in [1.82, 2.24) is 0 Å². The molecule has 0 aromatic heterocycles. The van der Waals surface area contributed by atoms with Crippen molar-refractivity contribution in [2.24, 2.45) is 85.8 Å². The van der Waals surface area contributed by atoms with E-state index in [9.17, 15) is 59.7 Å². The van der Waals surface area contributed by atoms with E-state index in [1.807, 2.05) is 6.08 Å². The van der Waals surface area contributed by atoms with Gasteiger partial charge in [-0.25, -0.2) is 0 Å². The number of unbranched alkanes of at least 4 members (excludes halogenated alkanes) is 3. The molecule has 0 aromatic carbocycles. The highest BCUT2D eigenvalue weighted by atomic mass is 32.2. The molecule has 19 atom stereocenters. The first-order valence-electron chi connectivity index (χ1n) is 43.5. The summed E-state index contributed by atoms with van der Waals surface area (Å²) in [6.45, 7) is 32.0. The molecule has 0 aliphatic heterocycles. The van der Waals surface area contributed by atoms with Crippen LogP contribution in [0.1, 0.15) is 274 Å². The van der Waals surface area contributed by atoms with Gasteiger partial charge in [0.1, 0.15) is 10.8 Å². The third kappa shape index (κ3) is 20.6. The van der Waals surface area contributed by atoms with Crippen molar-refractivity contribution in [1.29, 1.82) is 0 Å². The van der Waals surface area contributed by atoms with Crippen LogP contribution in [0.5, 0.6) is 0 Å². The Morgan fingerprint density at radius 3 is 0.973 bits per heavy atom. The number of hydrogen-bond donors (Lipinski definition) is 7. The SMILES string of the molecule is C=C1[C@H](O)CC(=C/C=C2\CCC[C@]3(C)[C@@H]([C@@H](C)/C=C/C(=O)C4(C(=O)SCCCC)CC4)CC[C@@H]23)C[C@H]1O.C=C1[C@H](O)CC(=C/C=C2\CCC[C@]3(C)[C@@H]([C@H](C)/C=C/C(=O)C4(C(=O)SCCCC)CC4)CC[C@@H]23)C[C@H]1O.C=C1[C@H](O)CC(=C/C=C2\CCC[C@]3(C)[C@@H]([C@H](C)/C=C/[C@@H](O)C4(C(=O)SCCCC)CC4)CC[C@@H]23)C[C@H]1O. The van der Waals surface area contributed by atoms with Crippen LogP contribution < -0.4 is 0 Å². The zero-order chi connectivity index (χ0) is 80.4. The first-order valence-corrected chi connectivity index (χ1v) is 46.5. The molecule has 0 saturated heterocycles. The van der Waals surface area contributed by atoms with E-state index in [1.54, 1.807) is 12.2 Å². The summed E-state index contributed by atoms with van der Waals surface area (Å²) in [5.41, 5.74) is 8.01. The van der Waals surface area contributed by atoms with E-state index >= 15 is 0 Å². The summed E-state index contributed by atoms with van der Waals surface area (Å²) >= 11 is 4.11. The summed E-state index contributed by atoms with van der Waals surface area (Å²) in [5, 5.41) is 72.5. The van der Waals surface area contributed by atoms with Crippen molar-refractivity contribution in [3.8, 4) is 0 Å². The Hall–Kier alpha value is -4.00. The monoisotopic (exact) mass is 1580 g/mol. The third-order valence-corrected chi connectivity index (χ3v) is 33.3. The van der Waals surface area contributed by atoms with E-state index in [4.69, 9.17) is 0 Å². The number of thioether (sulfide) groups is 3. The zero-order valence-corrected chi connectivity index (χ0v) is 71.6. The van der Waals surface area contributed by atoms with Crippen molar-refractivity contribution in [2.45, 2.75) is 317 Å². The molecule has 12 nitrogen and oxygen atoms in total. The summed E-state index contributed by atoms with van der Waals surface area (Å²) in [5.74, 6) is 6.70. The number of carbonyl (C=O) groups excluding carboxylic acids is 5. The quantitative estimate of drug-likeness (QED) is 0.0176. The predicted molar refractivity (Wildman–Crippen MR) is 457 cm³/mol. The first-order chi connectivity index (χ1) is 52.9. The molecule has 12 aliphatic rings. The van der Waals surface area contributed by atoms with Crippen molar-refractivity contribution in [3.63, 3.8) is 0 Å². The van der Waals surface area contributed by atoms with Crippen molar-refractivity contribution >= 4 is 62.2 Å². The average molecular weight is 1580 g/mol. The van der Waals surface area contributed by atoms with Crippen LogP contribution in [0.3, 0.4) is 0 Å². The molecule has 614 valence electrons. The largest absolute Gasteiger partial charge is 0.388 e. The molecule has 12 aliphatic carbocycles. The lowest BCUT2D eigenvalue weighted by Gasteiger charge is -2.44. The van der Waals surface area contributed by atoms with Gasteiger partial charge in [-0.1, -0.05) is 231 Å². The third-order valence-electron chi connectivity index (χ3n) is 29.8. The van der Waals surface area contributed by atoms with Crippen molar-refractivity contribution in [2.75, 3.05) is 17.3 Å². The van der Waals surface area contributed by atoms with Crippen LogP contribution in [0.15, 0.2) is 143 Å². The number of rotatable bonds is 27. The first kappa shape index (κ1) is 89.3. The van der Waals surface area contributed by atoms with Gasteiger partial charge in [0.2, 0.25) is 10.2 Å². The maximum Gasteiger partial charge on any atom is 0.202 e. The molecule has 111 heavy (non-hydrogen) atoms. The van der Waals surface area contributed by atoms with E-state index in [1.165, 1.54) is 116 Å². The second kappa shape index (κ2) is 39.0. The van der Waals surface area contributed by atoms with Crippen molar-refractivity contribution < 1.29 is 59.7 Å².